The zero-order chi connectivity index (χ0) is 10.4. The summed E-state index contributed by atoms with van der Waals surface area (Å²) in [4.78, 5) is 0. The van der Waals surface area contributed by atoms with Crippen molar-refractivity contribution in [1.82, 2.24) is 0 Å². The third-order valence-electron chi connectivity index (χ3n) is 2.45. The lowest BCUT2D eigenvalue weighted by atomic mass is 10.0. The van der Waals surface area contributed by atoms with Crippen LogP contribution < -0.4 is 4.74 Å². The number of hydrogen-bond acceptors (Lipinski definition) is 1. The van der Waals surface area contributed by atoms with E-state index < -0.39 is 0 Å². The summed E-state index contributed by atoms with van der Waals surface area (Å²) in [7, 11) is 1.69. The number of ether oxygens (including phenoxy) is 1. The van der Waals surface area contributed by atoms with E-state index in [9.17, 15) is 0 Å². The first-order valence-electron chi connectivity index (χ1n) is 5.01. The Labute approximate surface area is 86.4 Å². The summed E-state index contributed by atoms with van der Waals surface area (Å²) in [6.07, 6.45) is 4.27. The highest BCUT2D eigenvalue weighted by atomic mass is 16.5. The van der Waals surface area contributed by atoms with E-state index >= 15 is 0 Å². The van der Waals surface area contributed by atoms with E-state index in [1.807, 2.05) is 18.2 Å². The quantitative estimate of drug-likeness (QED) is 0.646. The minimum Gasteiger partial charge on any atom is -0.497 e. The van der Waals surface area contributed by atoms with Crippen LogP contribution in [0.4, 0.5) is 0 Å². The molecule has 0 N–H and O–H groups in total. The Bertz CT molecular complexity index is 274. The Morgan fingerprint density at radius 2 is 2.00 bits per heavy atom. The molecule has 0 amide bonds. The molecule has 0 bridgehead atoms. The summed E-state index contributed by atoms with van der Waals surface area (Å²) in [6, 6.07) is 8.26. The van der Waals surface area contributed by atoms with Gasteiger partial charge in [-0.2, -0.15) is 0 Å². The van der Waals surface area contributed by atoms with Gasteiger partial charge in [0.15, 0.2) is 0 Å². The largest absolute Gasteiger partial charge is 0.497 e. The normalized spacial score (nSPS) is 12.1. The number of methoxy groups -OCH3 is 1. The molecule has 0 unspecified atom stereocenters. The van der Waals surface area contributed by atoms with Crippen LogP contribution in [0.1, 0.15) is 18.9 Å². The Morgan fingerprint density at radius 1 is 1.36 bits per heavy atom. The number of rotatable bonds is 5. The van der Waals surface area contributed by atoms with Crippen LogP contribution in [0.2, 0.25) is 0 Å². The third-order valence-corrected chi connectivity index (χ3v) is 2.45. The molecule has 0 spiro atoms. The number of benzene rings is 1. The van der Waals surface area contributed by atoms with Gasteiger partial charge in [0.05, 0.1) is 7.11 Å². The van der Waals surface area contributed by atoms with Crippen LogP contribution >= 0.6 is 0 Å². The highest BCUT2D eigenvalue weighted by molar-refractivity contribution is 5.27. The van der Waals surface area contributed by atoms with E-state index in [0.29, 0.717) is 5.92 Å². The lowest BCUT2D eigenvalue weighted by Gasteiger charge is -2.06. The van der Waals surface area contributed by atoms with Crippen molar-refractivity contribution in [2.45, 2.75) is 19.8 Å². The van der Waals surface area contributed by atoms with Gasteiger partial charge >= 0.3 is 0 Å². The third kappa shape index (κ3) is 3.25. The molecule has 1 nitrogen and oxygen atoms in total. The van der Waals surface area contributed by atoms with E-state index in [1.165, 1.54) is 5.56 Å². The molecule has 0 aliphatic rings. The van der Waals surface area contributed by atoms with Crippen LogP contribution in [0, 0.1) is 5.92 Å². The van der Waals surface area contributed by atoms with Gasteiger partial charge in [-0.25, -0.2) is 0 Å². The second kappa shape index (κ2) is 5.48. The molecule has 0 heterocycles. The minimum absolute atomic E-state index is 0.595. The summed E-state index contributed by atoms with van der Waals surface area (Å²) in [5.41, 5.74) is 1.36. The van der Waals surface area contributed by atoms with Gasteiger partial charge in [0.1, 0.15) is 5.75 Å². The molecule has 76 valence electrons. The van der Waals surface area contributed by atoms with Gasteiger partial charge in [-0.1, -0.05) is 25.1 Å². The molecule has 1 heteroatoms. The van der Waals surface area contributed by atoms with Gasteiger partial charge in [-0.05, 0) is 36.5 Å². The first-order valence-corrected chi connectivity index (χ1v) is 5.01. The summed E-state index contributed by atoms with van der Waals surface area (Å²) in [6.45, 7) is 5.97. The van der Waals surface area contributed by atoms with Gasteiger partial charge in [-0.3, -0.25) is 0 Å². The number of hydrogen-bond donors (Lipinski definition) is 0. The molecule has 0 saturated carbocycles. The molecule has 14 heavy (non-hydrogen) atoms. The standard InChI is InChI=1S/C13H18O/c1-4-11(2)5-6-12-7-9-13(14-3)10-8-12/h4,7-11H,1,5-6H2,2-3H3/t11-/m0/s1. The van der Waals surface area contributed by atoms with Crippen molar-refractivity contribution >= 4 is 0 Å². The van der Waals surface area contributed by atoms with Crippen molar-refractivity contribution in [1.29, 1.82) is 0 Å². The molecular weight excluding hydrogens is 172 g/mol. The van der Waals surface area contributed by atoms with E-state index in [4.69, 9.17) is 4.74 Å². The van der Waals surface area contributed by atoms with Crippen LogP contribution in [0.15, 0.2) is 36.9 Å². The summed E-state index contributed by atoms with van der Waals surface area (Å²) in [5, 5.41) is 0. The zero-order valence-corrected chi connectivity index (χ0v) is 8.99. The van der Waals surface area contributed by atoms with Crippen molar-refractivity contribution in [3.05, 3.63) is 42.5 Å². The van der Waals surface area contributed by atoms with Crippen molar-refractivity contribution < 1.29 is 4.74 Å². The topological polar surface area (TPSA) is 9.23 Å². The van der Waals surface area contributed by atoms with Gasteiger partial charge < -0.3 is 4.74 Å². The Kier molecular flexibility index (Phi) is 4.24. The maximum absolute atomic E-state index is 5.10. The molecule has 1 rings (SSSR count). The van der Waals surface area contributed by atoms with Crippen molar-refractivity contribution in [3.63, 3.8) is 0 Å². The van der Waals surface area contributed by atoms with Crippen LogP contribution in [-0.2, 0) is 6.42 Å². The first-order chi connectivity index (χ1) is 6.76. The first kappa shape index (κ1) is 10.8. The highest BCUT2D eigenvalue weighted by Gasteiger charge is 1.98. The van der Waals surface area contributed by atoms with Crippen LogP contribution in [0.3, 0.4) is 0 Å². The average molecular weight is 190 g/mol. The summed E-state index contributed by atoms with van der Waals surface area (Å²) < 4.78 is 5.10. The lowest BCUT2D eigenvalue weighted by molar-refractivity contribution is 0.414. The van der Waals surface area contributed by atoms with E-state index in [-0.39, 0.29) is 0 Å². The molecule has 0 fully saturated rings. The maximum atomic E-state index is 5.10. The Hall–Kier alpha value is -1.24. The molecule has 0 aliphatic heterocycles. The van der Waals surface area contributed by atoms with Crippen molar-refractivity contribution in [2.75, 3.05) is 7.11 Å². The molecule has 1 aromatic rings. The second-order valence-corrected chi connectivity index (χ2v) is 3.60. The predicted molar refractivity (Wildman–Crippen MR) is 60.7 cm³/mol. The van der Waals surface area contributed by atoms with Gasteiger partial charge in [-0.15, -0.1) is 6.58 Å². The molecule has 0 radical (unpaired) electrons. The monoisotopic (exact) mass is 190 g/mol. The zero-order valence-electron chi connectivity index (χ0n) is 8.99. The lowest BCUT2D eigenvalue weighted by Crippen LogP contribution is -1.93. The van der Waals surface area contributed by atoms with Crippen LogP contribution in [-0.4, -0.2) is 7.11 Å². The van der Waals surface area contributed by atoms with Crippen molar-refractivity contribution in [3.8, 4) is 5.75 Å². The molecule has 1 atom stereocenters. The predicted octanol–water partition coefficient (Wildman–Crippen LogP) is 3.45. The fraction of sp³-hybridized carbons (Fsp3) is 0.385. The molecule has 0 aromatic heterocycles. The molecular formula is C13H18O. The molecule has 0 saturated heterocycles. The van der Waals surface area contributed by atoms with Gasteiger partial charge in [0.2, 0.25) is 0 Å². The summed E-state index contributed by atoms with van der Waals surface area (Å²) in [5.74, 6) is 1.52. The smallest absolute Gasteiger partial charge is 0.118 e. The Morgan fingerprint density at radius 3 is 2.50 bits per heavy atom. The van der Waals surface area contributed by atoms with Gasteiger partial charge in [0, 0.05) is 0 Å². The SMILES string of the molecule is C=C[C@H](C)CCc1ccc(OC)cc1. The average Bonchev–Trinajstić information content (AvgIpc) is 2.26. The Balaban J connectivity index is 2.47. The fourth-order valence-corrected chi connectivity index (χ4v) is 1.30. The second-order valence-electron chi connectivity index (χ2n) is 3.60. The van der Waals surface area contributed by atoms with E-state index in [0.717, 1.165) is 18.6 Å². The van der Waals surface area contributed by atoms with Gasteiger partial charge in [0.25, 0.3) is 0 Å². The fourth-order valence-electron chi connectivity index (χ4n) is 1.30. The maximum Gasteiger partial charge on any atom is 0.118 e. The van der Waals surface area contributed by atoms with Crippen molar-refractivity contribution in [2.24, 2.45) is 5.92 Å². The van der Waals surface area contributed by atoms with Crippen LogP contribution in [0.25, 0.3) is 0 Å². The van der Waals surface area contributed by atoms with E-state index in [2.05, 4.69) is 25.6 Å². The number of aryl methyl sites for hydroxylation is 1. The van der Waals surface area contributed by atoms with Crippen LogP contribution in [0.5, 0.6) is 5.75 Å². The molecule has 0 aliphatic carbocycles. The summed E-state index contributed by atoms with van der Waals surface area (Å²) >= 11 is 0. The highest BCUT2D eigenvalue weighted by Crippen LogP contribution is 2.14. The minimum atomic E-state index is 0.595. The molecule has 1 aromatic carbocycles. The van der Waals surface area contributed by atoms with E-state index in [1.54, 1.807) is 7.11 Å². The number of allylic oxidation sites excluding steroid dienone is 1.